The van der Waals surface area contributed by atoms with Gasteiger partial charge < -0.3 is 11.5 Å². The van der Waals surface area contributed by atoms with Crippen LogP contribution in [-0.4, -0.2) is 36.5 Å². The molecule has 1 fully saturated rings. The summed E-state index contributed by atoms with van der Waals surface area (Å²) in [4.78, 5) is 13.0. The fourth-order valence-corrected chi connectivity index (χ4v) is 2.47. The second-order valence-electron chi connectivity index (χ2n) is 4.63. The molecule has 0 saturated heterocycles. The van der Waals surface area contributed by atoms with Crippen molar-refractivity contribution in [3.05, 3.63) is 0 Å². The number of nitrogens with two attached hydrogens (primary N) is 2. The van der Waals surface area contributed by atoms with Gasteiger partial charge in [0.1, 0.15) is 0 Å². The lowest BCUT2D eigenvalue weighted by Crippen LogP contribution is -2.53. The molecule has 1 amide bonds. The summed E-state index contributed by atoms with van der Waals surface area (Å²) < 4.78 is 0. The van der Waals surface area contributed by atoms with E-state index in [1.807, 2.05) is 0 Å². The van der Waals surface area contributed by atoms with E-state index in [-0.39, 0.29) is 11.4 Å². The molecule has 1 saturated carbocycles. The van der Waals surface area contributed by atoms with E-state index in [2.05, 4.69) is 11.9 Å². The highest BCUT2D eigenvalue weighted by atomic mass is 16.1. The zero-order valence-electron chi connectivity index (χ0n) is 9.67. The zero-order valence-corrected chi connectivity index (χ0v) is 9.67. The highest BCUT2D eigenvalue weighted by Crippen LogP contribution is 2.31. The first-order chi connectivity index (χ1) is 7.10. The fourth-order valence-electron chi connectivity index (χ4n) is 2.47. The number of amides is 1. The van der Waals surface area contributed by atoms with Crippen molar-refractivity contribution in [1.82, 2.24) is 4.90 Å². The van der Waals surface area contributed by atoms with Crippen LogP contribution in [0.2, 0.25) is 0 Å². The van der Waals surface area contributed by atoms with E-state index in [9.17, 15) is 4.79 Å². The van der Waals surface area contributed by atoms with Gasteiger partial charge in [-0.1, -0.05) is 19.3 Å². The first kappa shape index (κ1) is 12.5. The van der Waals surface area contributed by atoms with E-state index in [1.54, 1.807) is 0 Å². The Balaban J connectivity index is 2.51. The number of primary amides is 1. The van der Waals surface area contributed by atoms with Gasteiger partial charge in [0, 0.05) is 25.0 Å². The Bertz CT molecular complexity index is 212. The molecule has 1 aliphatic carbocycles. The molecule has 0 radical (unpaired) electrons. The summed E-state index contributed by atoms with van der Waals surface area (Å²) in [6, 6.07) is 0. The summed E-state index contributed by atoms with van der Waals surface area (Å²) in [5.41, 5.74) is 11.2. The highest BCUT2D eigenvalue weighted by molar-refractivity contribution is 5.73. The Hall–Kier alpha value is -0.610. The minimum atomic E-state index is -0.232. The van der Waals surface area contributed by atoms with Crippen molar-refractivity contribution in [3.63, 3.8) is 0 Å². The van der Waals surface area contributed by atoms with Crippen molar-refractivity contribution in [2.24, 2.45) is 11.5 Å². The van der Waals surface area contributed by atoms with Gasteiger partial charge in [0.2, 0.25) is 5.91 Å². The number of nitrogens with zero attached hydrogens (tertiary/aromatic N) is 1. The molecule has 0 heterocycles. The molecule has 1 aliphatic rings. The Kier molecular flexibility index (Phi) is 4.54. The van der Waals surface area contributed by atoms with Crippen LogP contribution in [0, 0.1) is 0 Å². The number of hydrogen-bond donors (Lipinski definition) is 2. The number of likely N-dealkylation sites (N-methyl/N-ethyl adjacent to an activating group) is 1. The first-order valence-electron chi connectivity index (χ1n) is 5.80. The smallest absolute Gasteiger partial charge is 0.218 e. The molecule has 15 heavy (non-hydrogen) atoms. The van der Waals surface area contributed by atoms with Gasteiger partial charge in [-0.25, -0.2) is 0 Å². The topological polar surface area (TPSA) is 72.3 Å². The summed E-state index contributed by atoms with van der Waals surface area (Å²) >= 11 is 0. The van der Waals surface area contributed by atoms with E-state index >= 15 is 0 Å². The SMILES string of the molecule is CN(CCC(N)=O)C1(CN)CCCCC1. The first-order valence-corrected chi connectivity index (χ1v) is 5.80. The Morgan fingerprint density at radius 3 is 2.40 bits per heavy atom. The van der Waals surface area contributed by atoms with Crippen molar-refractivity contribution in [3.8, 4) is 0 Å². The predicted octanol–water partition coefficient (Wildman–Crippen LogP) is 0.455. The molecule has 0 aromatic heterocycles. The van der Waals surface area contributed by atoms with Crippen LogP contribution in [0.25, 0.3) is 0 Å². The van der Waals surface area contributed by atoms with E-state index in [0.29, 0.717) is 13.0 Å². The summed E-state index contributed by atoms with van der Waals surface area (Å²) in [7, 11) is 2.06. The normalized spacial score (nSPS) is 20.5. The second-order valence-corrected chi connectivity index (χ2v) is 4.63. The predicted molar refractivity (Wildman–Crippen MR) is 61.3 cm³/mol. The Morgan fingerprint density at radius 2 is 1.93 bits per heavy atom. The Labute approximate surface area is 92.0 Å². The molecule has 0 unspecified atom stereocenters. The molecular formula is C11H23N3O. The molecule has 0 aromatic carbocycles. The van der Waals surface area contributed by atoms with Crippen molar-refractivity contribution in [1.29, 1.82) is 0 Å². The zero-order chi connectivity index (χ0) is 11.3. The maximum absolute atomic E-state index is 10.7. The number of rotatable bonds is 5. The lowest BCUT2D eigenvalue weighted by atomic mass is 9.80. The van der Waals surface area contributed by atoms with Crippen LogP contribution in [0.15, 0.2) is 0 Å². The quantitative estimate of drug-likeness (QED) is 0.696. The van der Waals surface area contributed by atoms with E-state index in [1.165, 1.54) is 19.3 Å². The number of carbonyl (C=O) groups excluding carboxylic acids is 1. The van der Waals surface area contributed by atoms with Crippen molar-refractivity contribution in [2.45, 2.75) is 44.1 Å². The van der Waals surface area contributed by atoms with E-state index in [0.717, 1.165) is 19.4 Å². The third-order valence-electron chi connectivity index (χ3n) is 3.67. The lowest BCUT2D eigenvalue weighted by Gasteiger charge is -2.44. The van der Waals surface area contributed by atoms with Crippen LogP contribution in [-0.2, 0) is 4.79 Å². The average molecular weight is 213 g/mol. The summed E-state index contributed by atoms with van der Waals surface area (Å²) in [6.45, 7) is 1.41. The second kappa shape index (κ2) is 5.47. The monoisotopic (exact) mass is 213 g/mol. The molecule has 0 spiro atoms. The molecule has 4 heteroatoms. The maximum atomic E-state index is 10.7. The van der Waals surface area contributed by atoms with E-state index < -0.39 is 0 Å². The fraction of sp³-hybridized carbons (Fsp3) is 0.909. The molecule has 4 nitrogen and oxygen atoms in total. The van der Waals surface area contributed by atoms with Crippen LogP contribution in [0.3, 0.4) is 0 Å². The molecule has 0 bridgehead atoms. The standard InChI is InChI=1S/C11H23N3O/c1-14(8-5-10(13)15)11(9-12)6-3-2-4-7-11/h2-9,12H2,1H3,(H2,13,15). The van der Waals surface area contributed by atoms with Gasteiger partial charge in [-0.05, 0) is 19.9 Å². The van der Waals surface area contributed by atoms with Crippen molar-refractivity contribution in [2.75, 3.05) is 20.1 Å². The number of carbonyl (C=O) groups is 1. The molecule has 1 rings (SSSR count). The van der Waals surface area contributed by atoms with Gasteiger partial charge in [-0.2, -0.15) is 0 Å². The molecule has 0 aliphatic heterocycles. The van der Waals surface area contributed by atoms with Crippen molar-refractivity contribution < 1.29 is 4.79 Å². The van der Waals surface area contributed by atoms with Gasteiger partial charge in [0.25, 0.3) is 0 Å². The van der Waals surface area contributed by atoms with Gasteiger partial charge in [-0.15, -0.1) is 0 Å². The minimum absolute atomic E-state index is 0.119. The van der Waals surface area contributed by atoms with Crippen LogP contribution in [0.1, 0.15) is 38.5 Å². The van der Waals surface area contributed by atoms with Crippen LogP contribution in [0.5, 0.6) is 0 Å². The summed E-state index contributed by atoms with van der Waals surface area (Å²) in [6.07, 6.45) is 6.54. The lowest BCUT2D eigenvalue weighted by molar-refractivity contribution is -0.118. The average Bonchev–Trinajstić information content (AvgIpc) is 2.26. The maximum Gasteiger partial charge on any atom is 0.218 e. The number of hydrogen-bond acceptors (Lipinski definition) is 3. The van der Waals surface area contributed by atoms with Gasteiger partial charge in [0.05, 0.1) is 0 Å². The van der Waals surface area contributed by atoms with Gasteiger partial charge >= 0.3 is 0 Å². The summed E-state index contributed by atoms with van der Waals surface area (Å²) in [5, 5.41) is 0. The third kappa shape index (κ3) is 3.18. The highest BCUT2D eigenvalue weighted by Gasteiger charge is 2.34. The molecule has 0 atom stereocenters. The van der Waals surface area contributed by atoms with Crippen LogP contribution in [0.4, 0.5) is 0 Å². The molecule has 4 N–H and O–H groups in total. The Morgan fingerprint density at radius 1 is 1.33 bits per heavy atom. The van der Waals surface area contributed by atoms with Gasteiger partial charge in [0.15, 0.2) is 0 Å². The molecule has 88 valence electrons. The molecule has 0 aromatic rings. The molecular weight excluding hydrogens is 190 g/mol. The van der Waals surface area contributed by atoms with Crippen LogP contribution >= 0.6 is 0 Å². The largest absolute Gasteiger partial charge is 0.370 e. The van der Waals surface area contributed by atoms with Gasteiger partial charge in [-0.3, -0.25) is 9.69 Å². The summed E-state index contributed by atoms with van der Waals surface area (Å²) in [5.74, 6) is -0.232. The third-order valence-corrected chi connectivity index (χ3v) is 3.67. The van der Waals surface area contributed by atoms with Crippen LogP contribution < -0.4 is 11.5 Å². The minimum Gasteiger partial charge on any atom is -0.370 e. The van der Waals surface area contributed by atoms with Crippen molar-refractivity contribution >= 4 is 5.91 Å². The van der Waals surface area contributed by atoms with E-state index in [4.69, 9.17) is 11.5 Å².